The Bertz CT molecular complexity index is 381. The molecule has 0 aromatic carbocycles. The van der Waals surface area contributed by atoms with E-state index in [1.54, 1.807) is 0 Å². The monoisotopic (exact) mass is 253 g/mol. The zero-order valence-corrected chi connectivity index (χ0v) is 11.3. The quantitative estimate of drug-likeness (QED) is 0.894. The summed E-state index contributed by atoms with van der Waals surface area (Å²) in [5.41, 5.74) is 0.985. The summed E-state index contributed by atoms with van der Waals surface area (Å²) in [5.74, 6) is 0.916. The molecule has 0 saturated carbocycles. The van der Waals surface area contributed by atoms with Crippen LogP contribution in [0.3, 0.4) is 0 Å². The first-order valence-electron chi connectivity index (χ1n) is 6.34. The van der Waals surface area contributed by atoms with Crippen molar-refractivity contribution >= 4 is 17.4 Å². The molecule has 1 aromatic rings. The summed E-state index contributed by atoms with van der Waals surface area (Å²) >= 11 is 6.21. The molecule has 1 unspecified atom stereocenters. The van der Waals surface area contributed by atoms with Crippen molar-refractivity contribution in [2.75, 3.05) is 18.4 Å². The molecule has 0 spiro atoms. The first-order valence-corrected chi connectivity index (χ1v) is 6.72. The Kier molecular flexibility index (Phi) is 4.24. The summed E-state index contributed by atoms with van der Waals surface area (Å²) in [6, 6.07) is 4.52. The summed E-state index contributed by atoms with van der Waals surface area (Å²) in [7, 11) is 0. The maximum atomic E-state index is 6.21. The van der Waals surface area contributed by atoms with Crippen LogP contribution in [-0.4, -0.2) is 29.0 Å². The molecule has 3 nitrogen and oxygen atoms in total. The van der Waals surface area contributed by atoms with Crippen LogP contribution in [0.15, 0.2) is 12.1 Å². The third-order valence-corrected chi connectivity index (χ3v) is 3.66. The minimum absolute atomic E-state index is 0.649. The molecule has 0 bridgehead atoms. The number of aromatic nitrogens is 1. The smallest absolute Gasteiger partial charge is 0.126 e. The molecule has 1 N–H and O–H groups in total. The van der Waals surface area contributed by atoms with Crippen molar-refractivity contribution in [2.45, 2.75) is 39.3 Å². The van der Waals surface area contributed by atoms with Crippen molar-refractivity contribution in [2.24, 2.45) is 0 Å². The Hall–Kier alpha value is -0.800. The van der Waals surface area contributed by atoms with Crippen LogP contribution in [0.25, 0.3) is 0 Å². The second kappa shape index (κ2) is 5.69. The largest absolute Gasteiger partial charge is 0.370 e. The van der Waals surface area contributed by atoms with E-state index in [9.17, 15) is 0 Å². The van der Waals surface area contributed by atoms with Gasteiger partial charge in [0.25, 0.3) is 0 Å². The summed E-state index contributed by atoms with van der Waals surface area (Å²) in [6.07, 6.45) is 2.57. The van der Waals surface area contributed by atoms with Crippen molar-refractivity contribution in [3.8, 4) is 0 Å². The number of rotatable bonds is 4. The van der Waals surface area contributed by atoms with Crippen LogP contribution in [0.5, 0.6) is 0 Å². The van der Waals surface area contributed by atoms with Gasteiger partial charge in [-0.1, -0.05) is 11.6 Å². The summed E-state index contributed by atoms with van der Waals surface area (Å²) in [4.78, 5) is 7.02. The molecule has 17 heavy (non-hydrogen) atoms. The number of halogens is 1. The van der Waals surface area contributed by atoms with E-state index in [1.165, 1.54) is 12.8 Å². The lowest BCUT2D eigenvalue weighted by molar-refractivity contribution is 0.257. The lowest BCUT2D eigenvalue weighted by Crippen LogP contribution is -2.26. The van der Waals surface area contributed by atoms with Crippen molar-refractivity contribution in [1.82, 2.24) is 9.88 Å². The maximum Gasteiger partial charge on any atom is 0.126 e. The third-order valence-electron chi connectivity index (χ3n) is 3.32. The molecule has 1 fully saturated rings. The van der Waals surface area contributed by atoms with Crippen LogP contribution >= 0.6 is 11.6 Å². The minimum atomic E-state index is 0.649. The summed E-state index contributed by atoms with van der Waals surface area (Å²) in [5, 5.41) is 3.99. The molecule has 1 atom stereocenters. The average molecular weight is 254 g/mol. The van der Waals surface area contributed by atoms with Crippen molar-refractivity contribution < 1.29 is 0 Å². The van der Waals surface area contributed by atoms with Gasteiger partial charge in [-0.3, -0.25) is 4.90 Å². The zero-order valence-electron chi connectivity index (χ0n) is 10.5. The lowest BCUT2D eigenvalue weighted by atomic mass is 10.2. The first kappa shape index (κ1) is 12.7. The van der Waals surface area contributed by atoms with Crippen LogP contribution in [0.1, 0.15) is 32.4 Å². The molecule has 0 amide bonds. The fraction of sp³-hybridized carbons (Fsp3) is 0.615. The lowest BCUT2D eigenvalue weighted by Gasteiger charge is -2.21. The van der Waals surface area contributed by atoms with Gasteiger partial charge in [-0.25, -0.2) is 4.98 Å². The Labute approximate surface area is 108 Å². The number of nitrogens with zero attached hydrogens (tertiary/aromatic N) is 2. The highest BCUT2D eigenvalue weighted by atomic mass is 35.5. The molecule has 1 aromatic heterocycles. The van der Waals surface area contributed by atoms with Crippen molar-refractivity contribution in [1.29, 1.82) is 0 Å². The predicted molar refractivity (Wildman–Crippen MR) is 72.5 cm³/mol. The molecule has 0 aliphatic carbocycles. The number of anilines is 1. The fourth-order valence-electron chi connectivity index (χ4n) is 2.29. The van der Waals surface area contributed by atoms with Crippen LogP contribution in [0, 0.1) is 0 Å². The van der Waals surface area contributed by atoms with E-state index in [1.807, 2.05) is 12.1 Å². The number of likely N-dealkylation sites (tertiary alicyclic amines) is 1. The van der Waals surface area contributed by atoms with E-state index >= 15 is 0 Å². The van der Waals surface area contributed by atoms with E-state index in [0.29, 0.717) is 6.04 Å². The normalized spacial score (nSPS) is 20.8. The van der Waals surface area contributed by atoms with Crippen LogP contribution < -0.4 is 5.32 Å². The van der Waals surface area contributed by atoms with Gasteiger partial charge in [-0.2, -0.15) is 0 Å². The van der Waals surface area contributed by atoms with E-state index in [2.05, 4.69) is 29.0 Å². The predicted octanol–water partition coefficient (Wildman–Crippen LogP) is 3.15. The topological polar surface area (TPSA) is 28.2 Å². The number of nitrogens with one attached hydrogen (secondary N) is 1. The Morgan fingerprint density at radius 3 is 3.00 bits per heavy atom. The summed E-state index contributed by atoms with van der Waals surface area (Å²) in [6.45, 7) is 7.24. The molecular weight excluding hydrogens is 234 g/mol. The molecule has 1 aliphatic heterocycles. The van der Waals surface area contributed by atoms with Crippen LogP contribution in [-0.2, 0) is 6.54 Å². The highest BCUT2D eigenvalue weighted by molar-refractivity contribution is 6.31. The molecular formula is C13H20ClN3. The van der Waals surface area contributed by atoms with Crippen LogP contribution in [0.2, 0.25) is 5.02 Å². The molecule has 2 rings (SSSR count). The van der Waals surface area contributed by atoms with Crippen molar-refractivity contribution in [3.63, 3.8) is 0 Å². The van der Waals surface area contributed by atoms with E-state index in [-0.39, 0.29) is 0 Å². The van der Waals surface area contributed by atoms with Gasteiger partial charge in [-0.05, 0) is 45.4 Å². The standard InChI is InChI=1S/C13H20ClN3/c1-3-15-13-7-6-11(14)12(16-13)9-17-8-4-5-10(17)2/h6-7,10H,3-5,8-9H2,1-2H3,(H,15,16). The average Bonchev–Trinajstić information content (AvgIpc) is 2.70. The molecule has 94 valence electrons. The fourth-order valence-corrected chi connectivity index (χ4v) is 2.46. The Balaban J connectivity index is 2.10. The number of hydrogen-bond donors (Lipinski definition) is 1. The highest BCUT2D eigenvalue weighted by Crippen LogP contribution is 2.23. The number of pyridine rings is 1. The molecule has 1 aliphatic rings. The highest BCUT2D eigenvalue weighted by Gasteiger charge is 2.21. The van der Waals surface area contributed by atoms with Gasteiger partial charge in [0.2, 0.25) is 0 Å². The number of hydrogen-bond acceptors (Lipinski definition) is 3. The van der Waals surface area contributed by atoms with E-state index < -0.39 is 0 Å². The van der Waals surface area contributed by atoms with E-state index in [4.69, 9.17) is 11.6 Å². The second-order valence-corrected chi connectivity index (χ2v) is 5.02. The van der Waals surface area contributed by atoms with Gasteiger partial charge >= 0.3 is 0 Å². The SMILES string of the molecule is CCNc1ccc(Cl)c(CN2CCCC2C)n1. The van der Waals surface area contributed by atoms with E-state index in [0.717, 1.165) is 36.2 Å². The molecule has 0 radical (unpaired) electrons. The Morgan fingerprint density at radius 1 is 1.53 bits per heavy atom. The first-order chi connectivity index (χ1) is 8.20. The van der Waals surface area contributed by atoms with Gasteiger partial charge in [0, 0.05) is 19.1 Å². The van der Waals surface area contributed by atoms with Crippen LogP contribution in [0.4, 0.5) is 5.82 Å². The minimum Gasteiger partial charge on any atom is -0.370 e. The summed E-state index contributed by atoms with van der Waals surface area (Å²) < 4.78 is 0. The molecule has 1 saturated heterocycles. The van der Waals surface area contributed by atoms with Gasteiger partial charge in [0.05, 0.1) is 10.7 Å². The van der Waals surface area contributed by atoms with Gasteiger partial charge in [-0.15, -0.1) is 0 Å². The Morgan fingerprint density at radius 2 is 2.35 bits per heavy atom. The van der Waals surface area contributed by atoms with Crippen molar-refractivity contribution in [3.05, 3.63) is 22.8 Å². The molecule has 4 heteroatoms. The van der Waals surface area contributed by atoms with Gasteiger partial charge in [0.15, 0.2) is 0 Å². The molecule has 2 heterocycles. The van der Waals surface area contributed by atoms with Gasteiger partial charge < -0.3 is 5.32 Å². The maximum absolute atomic E-state index is 6.21. The third kappa shape index (κ3) is 3.11. The van der Waals surface area contributed by atoms with Gasteiger partial charge in [0.1, 0.15) is 5.82 Å². The second-order valence-electron chi connectivity index (χ2n) is 4.62. The zero-order chi connectivity index (χ0) is 12.3.